The Labute approximate surface area is 109 Å². The predicted octanol–water partition coefficient (Wildman–Crippen LogP) is 4.09. The molecule has 2 nitrogen and oxygen atoms in total. The number of benzene rings is 1. The van der Waals surface area contributed by atoms with Gasteiger partial charge in [0.05, 0.1) is 7.11 Å². The summed E-state index contributed by atoms with van der Waals surface area (Å²) in [5.41, 5.74) is 1.23. The van der Waals surface area contributed by atoms with E-state index in [1.54, 1.807) is 7.11 Å². The molecule has 1 fully saturated rings. The van der Waals surface area contributed by atoms with Gasteiger partial charge in [-0.15, -0.1) is 0 Å². The molecule has 1 aromatic rings. The van der Waals surface area contributed by atoms with Gasteiger partial charge in [0.1, 0.15) is 5.75 Å². The third kappa shape index (κ3) is 2.92. The molecule has 0 unspecified atom stereocenters. The zero-order valence-electron chi connectivity index (χ0n) is 11.5. The summed E-state index contributed by atoms with van der Waals surface area (Å²) >= 11 is 0. The zero-order chi connectivity index (χ0) is 13.2. The van der Waals surface area contributed by atoms with Crippen LogP contribution in [0, 0.1) is 11.3 Å². The molecule has 0 spiro atoms. The van der Waals surface area contributed by atoms with Gasteiger partial charge in [-0.05, 0) is 55.4 Å². The fraction of sp³-hybridized carbons (Fsp3) is 0.562. The first-order valence-electron chi connectivity index (χ1n) is 6.70. The fourth-order valence-electron chi connectivity index (χ4n) is 2.65. The molecule has 0 atom stereocenters. The molecule has 0 saturated heterocycles. The van der Waals surface area contributed by atoms with Crippen LogP contribution in [0.1, 0.15) is 49.9 Å². The van der Waals surface area contributed by atoms with Gasteiger partial charge in [-0.3, -0.25) is 4.79 Å². The van der Waals surface area contributed by atoms with E-state index in [2.05, 4.69) is 13.8 Å². The van der Waals surface area contributed by atoms with Crippen LogP contribution in [-0.4, -0.2) is 12.9 Å². The van der Waals surface area contributed by atoms with Gasteiger partial charge in [0, 0.05) is 11.5 Å². The minimum atomic E-state index is 0.214. The van der Waals surface area contributed by atoms with E-state index in [0.717, 1.165) is 37.0 Å². The smallest absolute Gasteiger partial charge is 0.165 e. The maximum atomic E-state index is 12.4. The standard InChI is InChI=1S/C16H22O2/c1-16(2)10-8-13(9-11-16)15(17)12-4-6-14(18-3)7-5-12/h4-7,13H,8-11H2,1-3H3. The molecule has 1 aliphatic carbocycles. The Balaban J connectivity index is 2.03. The summed E-state index contributed by atoms with van der Waals surface area (Å²) in [6.07, 6.45) is 4.36. The molecule has 0 N–H and O–H groups in total. The van der Waals surface area contributed by atoms with Gasteiger partial charge in [0.25, 0.3) is 0 Å². The number of methoxy groups -OCH3 is 1. The van der Waals surface area contributed by atoms with Gasteiger partial charge < -0.3 is 4.74 Å². The lowest BCUT2D eigenvalue weighted by atomic mass is 9.71. The van der Waals surface area contributed by atoms with E-state index >= 15 is 0 Å². The van der Waals surface area contributed by atoms with E-state index in [-0.39, 0.29) is 5.92 Å². The van der Waals surface area contributed by atoms with Crippen molar-refractivity contribution in [3.05, 3.63) is 29.8 Å². The number of Topliss-reactive ketones (excluding diaryl/α,β-unsaturated/α-hetero) is 1. The lowest BCUT2D eigenvalue weighted by Gasteiger charge is -2.33. The zero-order valence-corrected chi connectivity index (χ0v) is 11.5. The van der Waals surface area contributed by atoms with Gasteiger partial charge in [-0.2, -0.15) is 0 Å². The molecular weight excluding hydrogens is 224 g/mol. The van der Waals surface area contributed by atoms with Crippen molar-refractivity contribution in [2.75, 3.05) is 7.11 Å². The minimum absolute atomic E-state index is 0.214. The van der Waals surface area contributed by atoms with Crippen LogP contribution in [0.15, 0.2) is 24.3 Å². The summed E-state index contributed by atoms with van der Waals surface area (Å²) in [7, 11) is 1.64. The number of ketones is 1. The molecule has 0 aromatic heterocycles. The van der Waals surface area contributed by atoms with E-state index in [0.29, 0.717) is 11.2 Å². The highest BCUT2D eigenvalue weighted by Gasteiger charge is 2.30. The molecule has 0 aliphatic heterocycles. The van der Waals surface area contributed by atoms with E-state index in [4.69, 9.17) is 4.74 Å². The van der Waals surface area contributed by atoms with Crippen LogP contribution in [0.3, 0.4) is 0 Å². The van der Waals surface area contributed by atoms with Gasteiger partial charge in [-0.25, -0.2) is 0 Å². The lowest BCUT2D eigenvalue weighted by Crippen LogP contribution is -2.26. The first-order valence-corrected chi connectivity index (χ1v) is 6.70. The summed E-state index contributed by atoms with van der Waals surface area (Å²) < 4.78 is 5.11. The van der Waals surface area contributed by atoms with Crippen molar-refractivity contribution in [1.29, 1.82) is 0 Å². The molecule has 2 rings (SSSR count). The quantitative estimate of drug-likeness (QED) is 0.751. The molecular formula is C16H22O2. The van der Waals surface area contributed by atoms with Crippen molar-refractivity contribution >= 4 is 5.78 Å². The monoisotopic (exact) mass is 246 g/mol. The largest absolute Gasteiger partial charge is 0.497 e. The molecule has 0 radical (unpaired) electrons. The van der Waals surface area contributed by atoms with E-state index in [9.17, 15) is 4.79 Å². The maximum absolute atomic E-state index is 12.4. The number of hydrogen-bond acceptors (Lipinski definition) is 2. The molecule has 98 valence electrons. The number of carbonyl (C=O) groups excluding carboxylic acids is 1. The normalized spacial score (nSPS) is 19.5. The average Bonchev–Trinajstić information content (AvgIpc) is 2.38. The number of carbonyl (C=O) groups is 1. The highest BCUT2D eigenvalue weighted by molar-refractivity contribution is 5.98. The Morgan fingerprint density at radius 1 is 1.17 bits per heavy atom. The highest BCUT2D eigenvalue weighted by Crippen LogP contribution is 2.39. The highest BCUT2D eigenvalue weighted by atomic mass is 16.5. The number of rotatable bonds is 3. The van der Waals surface area contributed by atoms with E-state index in [1.807, 2.05) is 24.3 Å². The van der Waals surface area contributed by atoms with Gasteiger partial charge >= 0.3 is 0 Å². The molecule has 0 bridgehead atoms. The van der Waals surface area contributed by atoms with Crippen molar-refractivity contribution in [3.8, 4) is 5.75 Å². The lowest BCUT2D eigenvalue weighted by molar-refractivity contribution is 0.0838. The summed E-state index contributed by atoms with van der Waals surface area (Å²) in [4.78, 5) is 12.4. The molecule has 1 aliphatic rings. The third-order valence-electron chi connectivity index (χ3n) is 4.08. The van der Waals surface area contributed by atoms with Crippen molar-refractivity contribution in [2.24, 2.45) is 11.3 Å². The van der Waals surface area contributed by atoms with Gasteiger partial charge in [0.2, 0.25) is 0 Å². The maximum Gasteiger partial charge on any atom is 0.165 e. The summed E-state index contributed by atoms with van der Waals surface area (Å²) in [5.74, 6) is 1.32. The molecule has 0 heterocycles. The van der Waals surface area contributed by atoms with Crippen LogP contribution in [0.2, 0.25) is 0 Å². The Kier molecular flexibility index (Phi) is 3.74. The molecule has 18 heavy (non-hydrogen) atoms. The Hall–Kier alpha value is -1.31. The molecule has 2 heteroatoms. The minimum Gasteiger partial charge on any atom is -0.497 e. The topological polar surface area (TPSA) is 26.3 Å². The van der Waals surface area contributed by atoms with E-state index in [1.165, 1.54) is 0 Å². The fourth-order valence-corrected chi connectivity index (χ4v) is 2.65. The van der Waals surface area contributed by atoms with Crippen LogP contribution in [-0.2, 0) is 0 Å². The molecule has 1 saturated carbocycles. The van der Waals surface area contributed by atoms with Crippen molar-refractivity contribution in [1.82, 2.24) is 0 Å². The third-order valence-corrected chi connectivity index (χ3v) is 4.08. The predicted molar refractivity (Wildman–Crippen MR) is 73.1 cm³/mol. The second kappa shape index (κ2) is 5.13. The molecule has 1 aromatic carbocycles. The van der Waals surface area contributed by atoms with Crippen molar-refractivity contribution < 1.29 is 9.53 Å². The van der Waals surface area contributed by atoms with E-state index < -0.39 is 0 Å². The SMILES string of the molecule is COc1ccc(C(=O)C2CCC(C)(C)CC2)cc1. The summed E-state index contributed by atoms with van der Waals surface area (Å²) in [5, 5.41) is 0. The summed E-state index contributed by atoms with van der Waals surface area (Å²) in [6, 6.07) is 7.47. The Morgan fingerprint density at radius 2 is 1.72 bits per heavy atom. The first kappa shape index (κ1) is 13.1. The van der Waals surface area contributed by atoms with Crippen LogP contribution < -0.4 is 4.74 Å². The Bertz CT molecular complexity index is 407. The second-order valence-corrected chi connectivity index (χ2v) is 6.03. The van der Waals surface area contributed by atoms with Crippen LogP contribution in [0.5, 0.6) is 5.75 Å². The number of ether oxygens (including phenoxy) is 1. The first-order chi connectivity index (χ1) is 8.52. The average molecular weight is 246 g/mol. The van der Waals surface area contributed by atoms with Crippen LogP contribution >= 0.6 is 0 Å². The van der Waals surface area contributed by atoms with Crippen LogP contribution in [0.25, 0.3) is 0 Å². The van der Waals surface area contributed by atoms with Crippen molar-refractivity contribution in [3.63, 3.8) is 0 Å². The number of hydrogen-bond donors (Lipinski definition) is 0. The van der Waals surface area contributed by atoms with Gasteiger partial charge in [-0.1, -0.05) is 13.8 Å². The second-order valence-electron chi connectivity index (χ2n) is 6.03. The summed E-state index contributed by atoms with van der Waals surface area (Å²) in [6.45, 7) is 4.59. The van der Waals surface area contributed by atoms with Gasteiger partial charge in [0.15, 0.2) is 5.78 Å². The molecule has 0 amide bonds. The Morgan fingerprint density at radius 3 is 2.22 bits per heavy atom. The van der Waals surface area contributed by atoms with Crippen molar-refractivity contribution in [2.45, 2.75) is 39.5 Å². The van der Waals surface area contributed by atoms with Crippen LogP contribution in [0.4, 0.5) is 0 Å².